The fourth-order valence-corrected chi connectivity index (χ4v) is 3.00. The third-order valence-electron chi connectivity index (χ3n) is 4.41. The van der Waals surface area contributed by atoms with E-state index in [0.29, 0.717) is 19.0 Å². The summed E-state index contributed by atoms with van der Waals surface area (Å²) < 4.78 is 1.52. The lowest BCUT2D eigenvalue weighted by Gasteiger charge is -2.34. The normalized spacial score (nSPS) is 18.8. The van der Waals surface area contributed by atoms with Crippen LogP contribution in [0, 0.1) is 5.92 Å². The van der Waals surface area contributed by atoms with Gasteiger partial charge in [-0.05, 0) is 37.8 Å². The van der Waals surface area contributed by atoms with Crippen molar-refractivity contribution in [2.75, 3.05) is 13.1 Å². The predicted octanol–water partition coefficient (Wildman–Crippen LogP) is 2.20. The smallest absolute Gasteiger partial charge is 0.278 e. The zero-order chi connectivity index (χ0) is 16.4. The number of benzene rings is 1. The maximum atomic E-state index is 12.7. The number of hydrogen-bond acceptors (Lipinski definition) is 4. The second-order valence-electron chi connectivity index (χ2n) is 6.16. The Balaban J connectivity index is 0.00000208. The van der Waals surface area contributed by atoms with Gasteiger partial charge in [0.25, 0.3) is 5.91 Å². The molecule has 2 unspecified atom stereocenters. The highest BCUT2D eigenvalue weighted by molar-refractivity contribution is 5.94. The minimum absolute atomic E-state index is 0. The zero-order valence-corrected chi connectivity index (χ0v) is 14.4. The zero-order valence-electron chi connectivity index (χ0n) is 13.6. The van der Waals surface area contributed by atoms with Crippen LogP contribution in [0.4, 0.5) is 0 Å². The molecular weight excluding hydrogens is 328 g/mol. The van der Waals surface area contributed by atoms with Gasteiger partial charge in [-0.1, -0.05) is 18.2 Å². The summed E-state index contributed by atoms with van der Waals surface area (Å²) in [6.07, 6.45) is 3.43. The Kier molecular flexibility index (Phi) is 5.85. The first kappa shape index (κ1) is 18.3. The molecule has 1 amide bonds. The van der Waals surface area contributed by atoms with Crippen molar-refractivity contribution in [2.45, 2.75) is 25.8 Å². The first-order valence-electron chi connectivity index (χ1n) is 7.95. The quantitative estimate of drug-likeness (QED) is 0.888. The number of para-hydroxylation sites is 1. The van der Waals surface area contributed by atoms with Gasteiger partial charge in [0, 0.05) is 19.1 Å². The fourth-order valence-electron chi connectivity index (χ4n) is 3.00. The number of carbonyl (C=O) groups is 1. The molecule has 1 aliphatic heterocycles. The second-order valence-corrected chi connectivity index (χ2v) is 6.16. The van der Waals surface area contributed by atoms with E-state index in [9.17, 15) is 9.90 Å². The van der Waals surface area contributed by atoms with Gasteiger partial charge in [0.05, 0.1) is 11.9 Å². The van der Waals surface area contributed by atoms with E-state index in [4.69, 9.17) is 5.73 Å². The van der Waals surface area contributed by atoms with E-state index in [-0.39, 0.29) is 35.8 Å². The Bertz CT molecular complexity index is 687. The number of aromatic nitrogens is 2. The molecule has 7 heteroatoms. The van der Waals surface area contributed by atoms with E-state index >= 15 is 0 Å². The molecule has 1 aliphatic rings. The van der Waals surface area contributed by atoms with Crippen LogP contribution in [-0.4, -0.2) is 44.8 Å². The summed E-state index contributed by atoms with van der Waals surface area (Å²) in [6, 6.07) is 9.46. The summed E-state index contributed by atoms with van der Waals surface area (Å²) in [4.78, 5) is 14.4. The lowest BCUT2D eigenvalue weighted by atomic mass is 9.92. The van der Waals surface area contributed by atoms with Crippen molar-refractivity contribution in [1.82, 2.24) is 14.7 Å². The van der Waals surface area contributed by atoms with Crippen LogP contribution in [0.15, 0.2) is 36.5 Å². The van der Waals surface area contributed by atoms with Gasteiger partial charge in [-0.3, -0.25) is 4.79 Å². The highest BCUT2D eigenvalue weighted by atomic mass is 35.5. The Morgan fingerprint density at radius 3 is 2.75 bits per heavy atom. The number of nitrogens with zero attached hydrogens (tertiary/aromatic N) is 3. The first-order chi connectivity index (χ1) is 11.1. The van der Waals surface area contributed by atoms with Crippen molar-refractivity contribution < 1.29 is 9.90 Å². The monoisotopic (exact) mass is 350 g/mol. The van der Waals surface area contributed by atoms with Crippen molar-refractivity contribution in [2.24, 2.45) is 11.7 Å². The summed E-state index contributed by atoms with van der Waals surface area (Å²) in [5, 5.41) is 14.4. The molecule has 3 rings (SSSR count). The predicted molar refractivity (Wildman–Crippen MR) is 94.8 cm³/mol. The van der Waals surface area contributed by atoms with Gasteiger partial charge in [-0.25, -0.2) is 4.68 Å². The van der Waals surface area contributed by atoms with Crippen LogP contribution in [0.2, 0.25) is 0 Å². The standard InChI is InChI=1S/C17H22N4O2.ClH/c1-12(18)13-6-5-9-20(10-13)17(23)16-15(22)11-21(19-16)14-7-3-2-4-8-14;/h2-4,7-8,11-13,22H,5-6,9-10,18H2,1H3;1H. The third kappa shape index (κ3) is 3.71. The van der Waals surface area contributed by atoms with Gasteiger partial charge in [-0.2, -0.15) is 5.10 Å². The molecule has 1 aromatic heterocycles. The molecule has 6 nitrogen and oxygen atoms in total. The summed E-state index contributed by atoms with van der Waals surface area (Å²) in [5.74, 6) is -0.0321. The van der Waals surface area contributed by atoms with Crippen LogP contribution < -0.4 is 5.73 Å². The maximum absolute atomic E-state index is 12.7. The Morgan fingerprint density at radius 1 is 1.38 bits per heavy atom. The fraction of sp³-hybridized carbons (Fsp3) is 0.412. The molecule has 1 fully saturated rings. The molecule has 0 aliphatic carbocycles. The third-order valence-corrected chi connectivity index (χ3v) is 4.41. The Morgan fingerprint density at radius 2 is 2.08 bits per heavy atom. The molecule has 2 heterocycles. The van der Waals surface area contributed by atoms with Gasteiger partial charge in [-0.15, -0.1) is 12.4 Å². The second kappa shape index (κ2) is 7.68. The van der Waals surface area contributed by atoms with E-state index in [1.807, 2.05) is 37.3 Å². The highest BCUT2D eigenvalue weighted by Gasteiger charge is 2.29. The molecule has 0 bridgehead atoms. The number of amides is 1. The molecular formula is C17H23ClN4O2. The van der Waals surface area contributed by atoms with Crippen molar-refractivity contribution in [3.63, 3.8) is 0 Å². The topological polar surface area (TPSA) is 84.4 Å². The molecule has 1 aromatic carbocycles. The molecule has 0 spiro atoms. The number of halogens is 1. The number of carbonyl (C=O) groups excluding carboxylic acids is 1. The Hall–Kier alpha value is -2.05. The van der Waals surface area contributed by atoms with Crippen molar-refractivity contribution in [1.29, 1.82) is 0 Å². The minimum Gasteiger partial charge on any atom is -0.504 e. The molecule has 130 valence electrons. The average molecular weight is 351 g/mol. The molecule has 2 aromatic rings. The molecule has 2 atom stereocenters. The van der Waals surface area contributed by atoms with Crippen LogP contribution in [-0.2, 0) is 0 Å². The van der Waals surface area contributed by atoms with Crippen LogP contribution >= 0.6 is 12.4 Å². The van der Waals surface area contributed by atoms with Crippen LogP contribution in [0.1, 0.15) is 30.3 Å². The first-order valence-corrected chi connectivity index (χ1v) is 7.95. The summed E-state index contributed by atoms with van der Waals surface area (Å²) >= 11 is 0. The van der Waals surface area contributed by atoms with Crippen LogP contribution in [0.25, 0.3) is 5.69 Å². The molecule has 0 radical (unpaired) electrons. The van der Waals surface area contributed by atoms with Crippen LogP contribution in [0.5, 0.6) is 5.75 Å². The van der Waals surface area contributed by atoms with Crippen molar-refractivity contribution in [3.8, 4) is 11.4 Å². The number of likely N-dealkylation sites (tertiary alicyclic amines) is 1. The highest BCUT2D eigenvalue weighted by Crippen LogP contribution is 2.24. The lowest BCUT2D eigenvalue weighted by Crippen LogP contribution is -2.45. The van der Waals surface area contributed by atoms with Gasteiger partial charge in [0.1, 0.15) is 0 Å². The molecule has 24 heavy (non-hydrogen) atoms. The number of piperidine rings is 1. The van der Waals surface area contributed by atoms with E-state index in [1.54, 1.807) is 4.90 Å². The van der Waals surface area contributed by atoms with E-state index in [1.165, 1.54) is 10.9 Å². The summed E-state index contributed by atoms with van der Waals surface area (Å²) in [6.45, 7) is 3.27. The van der Waals surface area contributed by atoms with Gasteiger partial charge >= 0.3 is 0 Å². The van der Waals surface area contributed by atoms with Crippen molar-refractivity contribution >= 4 is 18.3 Å². The number of rotatable bonds is 3. The Labute approximate surface area is 147 Å². The van der Waals surface area contributed by atoms with E-state index in [0.717, 1.165) is 18.5 Å². The number of aromatic hydroxyl groups is 1. The molecule has 0 saturated carbocycles. The average Bonchev–Trinajstić information content (AvgIpc) is 2.97. The van der Waals surface area contributed by atoms with Crippen LogP contribution in [0.3, 0.4) is 0 Å². The van der Waals surface area contributed by atoms with Gasteiger partial charge < -0.3 is 15.7 Å². The van der Waals surface area contributed by atoms with E-state index < -0.39 is 0 Å². The largest absolute Gasteiger partial charge is 0.504 e. The number of hydrogen-bond donors (Lipinski definition) is 2. The summed E-state index contributed by atoms with van der Waals surface area (Å²) in [5.41, 5.74) is 6.87. The van der Waals surface area contributed by atoms with Crippen molar-refractivity contribution in [3.05, 3.63) is 42.2 Å². The van der Waals surface area contributed by atoms with Gasteiger partial charge in [0.15, 0.2) is 11.4 Å². The van der Waals surface area contributed by atoms with E-state index in [2.05, 4.69) is 5.10 Å². The van der Waals surface area contributed by atoms with Gasteiger partial charge in [0.2, 0.25) is 0 Å². The minimum atomic E-state index is -0.234. The number of nitrogens with two attached hydrogens (primary N) is 1. The lowest BCUT2D eigenvalue weighted by molar-refractivity contribution is 0.0651. The molecule has 1 saturated heterocycles. The maximum Gasteiger partial charge on any atom is 0.278 e. The molecule has 3 N–H and O–H groups in total. The SMILES string of the molecule is CC(N)C1CCCN(C(=O)c2nn(-c3ccccc3)cc2O)C1.Cl. The summed E-state index contributed by atoms with van der Waals surface area (Å²) in [7, 11) is 0.